The normalized spacial score (nSPS) is 10.9. The second kappa shape index (κ2) is 9.00. The third-order valence-electron chi connectivity index (χ3n) is 3.65. The number of hydrogen-bond acceptors (Lipinski definition) is 7. The second-order valence-corrected chi connectivity index (χ2v) is 6.59. The van der Waals surface area contributed by atoms with Crippen molar-refractivity contribution in [2.75, 3.05) is 16.5 Å². The Labute approximate surface area is 164 Å². The van der Waals surface area contributed by atoms with Crippen molar-refractivity contribution in [3.05, 3.63) is 59.4 Å². The van der Waals surface area contributed by atoms with Gasteiger partial charge in [0.25, 0.3) is 0 Å². The number of para-hydroxylation sites is 1. The number of phenolic OH excluding ortho intramolecular Hbond substituents is 1. The first-order valence-corrected chi connectivity index (χ1v) is 9.18. The highest BCUT2D eigenvalue weighted by atomic mass is 32.2. The Balaban J connectivity index is 1.50. The van der Waals surface area contributed by atoms with Gasteiger partial charge in [0, 0.05) is 16.8 Å². The SMILES string of the molecule is Cc1c(F)cccc1NC(=O)CSc1n[nH]c(N/N=C/c2ccccc2O)n1. The van der Waals surface area contributed by atoms with E-state index in [4.69, 9.17) is 0 Å². The first-order valence-electron chi connectivity index (χ1n) is 8.20. The quantitative estimate of drug-likeness (QED) is 0.275. The standard InChI is InChI=1S/C18H17FN6O2S/c1-11-13(19)6-4-7-14(11)21-16(27)10-28-18-22-17(24-25-18)23-20-9-12-5-2-3-8-15(12)26/h2-9,26H,10H2,1H3,(H,21,27)(H2,22,23,24,25)/b20-9+. The van der Waals surface area contributed by atoms with Gasteiger partial charge in [0.15, 0.2) is 0 Å². The number of carbonyl (C=O) groups excluding carboxylic acids is 1. The highest BCUT2D eigenvalue weighted by Gasteiger charge is 2.10. The number of hydrazone groups is 1. The summed E-state index contributed by atoms with van der Waals surface area (Å²) in [5.41, 5.74) is 4.02. The monoisotopic (exact) mass is 400 g/mol. The van der Waals surface area contributed by atoms with Gasteiger partial charge in [0.05, 0.1) is 12.0 Å². The molecule has 0 aliphatic carbocycles. The smallest absolute Gasteiger partial charge is 0.240 e. The molecule has 0 unspecified atom stereocenters. The maximum absolute atomic E-state index is 13.5. The largest absolute Gasteiger partial charge is 0.507 e. The van der Waals surface area contributed by atoms with E-state index in [1.54, 1.807) is 37.3 Å². The Morgan fingerprint density at radius 1 is 1.32 bits per heavy atom. The summed E-state index contributed by atoms with van der Waals surface area (Å²) in [7, 11) is 0. The number of halogens is 1. The van der Waals surface area contributed by atoms with Gasteiger partial charge < -0.3 is 10.4 Å². The van der Waals surface area contributed by atoms with Crippen LogP contribution in [0.3, 0.4) is 0 Å². The zero-order valence-electron chi connectivity index (χ0n) is 14.8. The van der Waals surface area contributed by atoms with Gasteiger partial charge in [-0.1, -0.05) is 30.0 Å². The van der Waals surface area contributed by atoms with Crippen LogP contribution in [0.15, 0.2) is 52.7 Å². The van der Waals surface area contributed by atoms with Crippen molar-refractivity contribution < 1.29 is 14.3 Å². The van der Waals surface area contributed by atoms with Crippen molar-refractivity contribution in [1.29, 1.82) is 0 Å². The van der Waals surface area contributed by atoms with Crippen molar-refractivity contribution in [2.45, 2.75) is 12.1 Å². The molecule has 1 aromatic heterocycles. The predicted octanol–water partition coefficient (Wildman–Crippen LogP) is 3.13. The van der Waals surface area contributed by atoms with E-state index in [0.717, 1.165) is 11.8 Å². The average Bonchev–Trinajstić information content (AvgIpc) is 3.13. The summed E-state index contributed by atoms with van der Waals surface area (Å²) < 4.78 is 13.5. The molecule has 0 bridgehead atoms. The molecule has 28 heavy (non-hydrogen) atoms. The maximum atomic E-state index is 13.5. The number of H-pyrrole nitrogens is 1. The van der Waals surface area contributed by atoms with E-state index in [1.807, 2.05) is 0 Å². The van der Waals surface area contributed by atoms with Crippen LogP contribution in [0.1, 0.15) is 11.1 Å². The number of carbonyl (C=O) groups is 1. The molecule has 2 aromatic carbocycles. The molecule has 0 spiro atoms. The van der Waals surface area contributed by atoms with Gasteiger partial charge in [-0.25, -0.2) is 14.9 Å². The average molecular weight is 400 g/mol. The minimum Gasteiger partial charge on any atom is -0.507 e. The minimum atomic E-state index is -0.375. The Kier molecular flexibility index (Phi) is 6.22. The number of amides is 1. The summed E-state index contributed by atoms with van der Waals surface area (Å²) in [4.78, 5) is 16.2. The predicted molar refractivity (Wildman–Crippen MR) is 106 cm³/mol. The molecular formula is C18H17FN6O2S. The molecular weight excluding hydrogens is 383 g/mol. The summed E-state index contributed by atoms with van der Waals surface area (Å²) in [5, 5.41) is 23.2. The van der Waals surface area contributed by atoms with Gasteiger partial charge >= 0.3 is 0 Å². The highest BCUT2D eigenvalue weighted by molar-refractivity contribution is 7.99. The number of aromatic hydroxyl groups is 1. The van der Waals surface area contributed by atoms with E-state index < -0.39 is 0 Å². The summed E-state index contributed by atoms with van der Waals surface area (Å²) in [5.74, 6) is -0.207. The summed E-state index contributed by atoms with van der Waals surface area (Å²) >= 11 is 1.12. The van der Waals surface area contributed by atoms with E-state index >= 15 is 0 Å². The fourth-order valence-corrected chi connectivity index (χ4v) is 2.78. The number of phenols is 1. The second-order valence-electron chi connectivity index (χ2n) is 5.64. The number of anilines is 2. The summed E-state index contributed by atoms with van der Waals surface area (Å²) in [6.45, 7) is 1.60. The van der Waals surface area contributed by atoms with Crippen LogP contribution in [0.5, 0.6) is 5.75 Å². The first-order chi connectivity index (χ1) is 13.5. The number of thioether (sulfide) groups is 1. The molecule has 1 heterocycles. The molecule has 3 rings (SSSR count). The fraction of sp³-hybridized carbons (Fsp3) is 0.111. The third-order valence-corrected chi connectivity index (χ3v) is 4.50. The lowest BCUT2D eigenvalue weighted by atomic mass is 10.2. The van der Waals surface area contributed by atoms with Crippen molar-refractivity contribution >= 4 is 35.5 Å². The van der Waals surface area contributed by atoms with Gasteiger partial charge in [-0.15, -0.1) is 5.10 Å². The van der Waals surface area contributed by atoms with Crippen LogP contribution in [0.25, 0.3) is 0 Å². The number of aromatic amines is 1. The maximum Gasteiger partial charge on any atom is 0.240 e. The number of hydrogen-bond donors (Lipinski definition) is 4. The topological polar surface area (TPSA) is 115 Å². The lowest BCUT2D eigenvalue weighted by Crippen LogP contribution is -2.15. The Hall–Kier alpha value is -3.40. The zero-order chi connectivity index (χ0) is 19.9. The van der Waals surface area contributed by atoms with Crippen LogP contribution < -0.4 is 10.7 Å². The summed E-state index contributed by atoms with van der Waals surface area (Å²) in [6, 6.07) is 11.3. The van der Waals surface area contributed by atoms with Crippen molar-refractivity contribution in [3.63, 3.8) is 0 Å². The van der Waals surface area contributed by atoms with Crippen molar-refractivity contribution in [2.24, 2.45) is 5.10 Å². The van der Waals surface area contributed by atoms with E-state index in [-0.39, 0.29) is 29.2 Å². The molecule has 144 valence electrons. The highest BCUT2D eigenvalue weighted by Crippen LogP contribution is 2.19. The lowest BCUT2D eigenvalue weighted by Gasteiger charge is -2.07. The van der Waals surface area contributed by atoms with Gasteiger partial charge in [0.1, 0.15) is 11.6 Å². The first kappa shape index (κ1) is 19.4. The molecule has 0 atom stereocenters. The van der Waals surface area contributed by atoms with Gasteiger partial charge in [0.2, 0.25) is 17.0 Å². The fourth-order valence-electron chi connectivity index (χ4n) is 2.18. The molecule has 0 aliphatic heterocycles. The van der Waals surface area contributed by atoms with Crippen molar-refractivity contribution in [3.8, 4) is 5.75 Å². The Morgan fingerprint density at radius 3 is 2.96 bits per heavy atom. The minimum absolute atomic E-state index is 0.0639. The van der Waals surface area contributed by atoms with E-state index in [1.165, 1.54) is 18.3 Å². The van der Waals surface area contributed by atoms with Crippen LogP contribution in [0.2, 0.25) is 0 Å². The van der Waals surface area contributed by atoms with Crippen LogP contribution in [0, 0.1) is 12.7 Å². The van der Waals surface area contributed by atoms with E-state index in [2.05, 4.69) is 31.0 Å². The van der Waals surface area contributed by atoms with Crippen LogP contribution in [-0.4, -0.2) is 38.2 Å². The molecule has 0 radical (unpaired) electrons. The number of nitrogens with zero attached hydrogens (tertiary/aromatic N) is 3. The number of rotatable bonds is 7. The molecule has 1 amide bonds. The van der Waals surface area contributed by atoms with E-state index in [0.29, 0.717) is 22.0 Å². The number of benzene rings is 2. The lowest BCUT2D eigenvalue weighted by molar-refractivity contribution is -0.113. The molecule has 0 saturated carbocycles. The Morgan fingerprint density at radius 2 is 2.14 bits per heavy atom. The molecule has 8 nitrogen and oxygen atoms in total. The molecule has 0 saturated heterocycles. The van der Waals surface area contributed by atoms with Gasteiger partial charge in [-0.2, -0.15) is 10.1 Å². The molecule has 0 fully saturated rings. The van der Waals surface area contributed by atoms with Crippen LogP contribution in [0.4, 0.5) is 16.0 Å². The molecule has 0 aliphatic rings. The molecule has 4 N–H and O–H groups in total. The Bertz CT molecular complexity index is 1010. The van der Waals surface area contributed by atoms with Crippen molar-refractivity contribution in [1.82, 2.24) is 15.2 Å². The summed E-state index contributed by atoms with van der Waals surface area (Å²) in [6.07, 6.45) is 1.44. The van der Waals surface area contributed by atoms with Crippen LogP contribution in [-0.2, 0) is 4.79 Å². The van der Waals surface area contributed by atoms with E-state index in [9.17, 15) is 14.3 Å². The number of aromatic nitrogens is 3. The molecule has 3 aromatic rings. The zero-order valence-corrected chi connectivity index (χ0v) is 15.6. The third kappa shape index (κ3) is 5.07. The van der Waals surface area contributed by atoms with Gasteiger partial charge in [-0.3, -0.25) is 4.79 Å². The van der Waals surface area contributed by atoms with Gasteiger partial charge in [-0.05, 0) is 31.2 Å². The molecule has 10 heteroatoms. The number of nitrogens with one attached hydrogen (secondary N) is 3. The van der Waals surface area contributed by atoms with Crippen LogP contribution >= 0.6 is 11.8 Å².